The molecule has 1 saturated heterocycles. The van der Waals surface area contributed by atoms with Crippen molar-refractivity contribution in [2.24, 2.45) is 5.73 Å². The Bertz CT molecular complexity index is 465. The first-order valence-electron chi connectivity index (χ1n) is 7.49. The Hall–Kier alpha value is -1.59. The second-order valence-corrected chi connectivity index (χ2v) is 5.23. The third kappa shape index (κ3) is 4.19. The minimum atomic E-state index is -0.142. The lowest BCUT2D eigenvalue weighted by Gasteiger charge is -2.33. The third-order valence-electron chi connectivity index (χ3n) is 3.92. The fourth-order valence-corrected chi connectivity index (χ4v) is 2.75. The van der Waals surface area contributed by atoms with Crippen molar-refractivity contribution < 1.29 is 14.3 Å². The summed E-state index contributed by atoms with van der Waals surface area (Å²) in [5.74, 6) is 0.684. The van der Waals surface area contributed by atoms with Gasteiger partial charge in [-0.3, -0.25) is 9.69 Å². The maximum atomic E-state index is 11.8. The molecule has 2 N–H and O–H groups in total. The van der Waals surface area contributed by atoms with Crippen molar-refractivity contribution in [3.8, 4) is 5.75 Å². The number of hydrogen-bond acceptors (Lipinski definition) is 5. The average Bonchev–Trinajstić information content (AvgIpc) is 2.55. The molecule has 1 heterocycles. The van der Waals surface area contributed by atoms with E-state index in [1.165, 1.54) is 7.11 Å². The molecule has 0 saturated carbocycles. The van der Waals surface area contributed by atoms with E-state index in [1.807, 2.05) is 24.3 Å². The number of carbonyl (C=O) groups excluding carboxylic acids is 1. The van der Waals surface area contributed by atoms with Crippen molar-refractivity contribution in [2.45, 2.75) is 31.8 Å². The van der Waals surface area contributed by atoms with Gasteiger partial charge in [-0.2, -0.15) is 0 Å². The zero-order chi connectivity index (χ0) is 15.1. The Kier molecular flexibility index (Phi) is 6.02. The molecule has 5 nitrogen and oxygen atoms in total. The summed E-state index contributed by atoms with van der Waals surface area (Å²) in [5.41, 5.74) is 6.69. The maximum Gasteiger partial charge on any atom is 0.323 e. The summed E-state index contributed by atoms with van der Waals surface area (Å²) in [4.78, 5) is 13.9. The van der Waals surface area contributed by atoms with Crippen molar-refractivity contribution in [3.05, 3.63) is 29.8 Å². The van der Waals surface area contributed by atoms with Crippen LogP contribution in [-0.2, 0) is 16.1 Å². The van der Waals surface area contributed by atoms with Crippen molar-refractivity contribution in [3.63, 3.8) is 0 Å². The van der Waals surface area contributed by atoms with Gasteiger partial charge in [-0.1, -0.05) is 24.6 Å². The Balaban J connectivity index is 1.87. The van der Waals surface area contributed by atoms with Crippen LogP contribution in [-0.4, -0.2) is 43.7 Å². The number of methoxy groups -OCH3 is 1. The Labute approximate surface area is 126 Å². The predicted molar refractivity (Wildman–Crippen MR) is 81.1 cm³/mol. The highest BCUT2D eigenvalue weighted by molar-refractivity contribution is 5.75. The lowest BCUT2D eigenvalue weighted by Crippen LogP contribution is -2.46. The normalized spacial score (nSPS) is 19.2. The van der Waals surface area contributed by atoms with Gasteiger partial charge in [-0.15, -0.1) is 0 Å². The van der Waals surface area contributed by atoms with Gasteiger partial charge in [0, 0.05) is 18.7 Å². The molecule has 1 aliphatic rings. The highest BCUT2D eigenvalue weighted by Gasteiger charge is 2.29. The van der Waals surface area contributed by atoms with Gasteiger partial charge in [0.25, 0.3) is 0 Å². The van der Waals surface area contributed by atoms with Crippen LogP contribution in [0.5, 0.6) is 5.75 Å². The molecule has 1 fully saturated rings. The summed E-state index contributed by atoms with van der Waals surface area (Å²) in [6, 6.07) is 7.65. The molecule has 0 aliphatic carbocycles. The van der Waals surface area contributed by atoms with Crippen LogP contribution in [0.15, 0.2) is 24.3 Å². The SMILES string of the molecule is COC(=O)C1CCCCN1CCOc1ccccc1CN. The number of nitrogens with zero attached hydrogens (tertiary/aromatic N) is 1. The van der Waals surface area contributed by atoms with Crippen molar-refractivity contribution >= 4 is 5.97 Å². The lowest BCUT2D eigenvalue weighted by atomic mass is 10.0. The zero-order valence-corrected chi connectivity index (χ0v) is 12.6. The second-order valence-electron chi connectivity index (χ2n) is 5.23. The number of ether oxygens (including phenoxy) is 2. The molecule has 2 rings (SSSR count). The minimum absolute atomic E-state index is 0.128. The summed E-state index contributed by atoms with van der Waals surface area (Å²) >= 11 is 0. The molecular weight excluding hydrogens is 268 g/mol. The molecule has 1 unspecified atom stereocenters. The monoisotopic (exact) mass is 292 g/mol. The molecule has 5 heteroatoms. The quantitative estimate of drug-likeness (QED) is 0.806. The number of para-hydroxylation sites is 1. The van der Waals surface area contributed by atoms with Crippen LogP contribution >= 0.6 is 0 Å². The van der Waals surface area contributed by atoms with Gasteiger partial charge >= 0.3 is 5.97 Å². The van der Waals surface area contributed by atoms with Crippen LogP contribution in [0.1, 0.15) is 24.8 Å². The topological polar surface area (TPSA) is 64.8 Å². The smallest absolute Gasteiger partial charge is 0.323 e. The number of benzene rings is 1. The van der Waals surface area contributed by atoms with Gasteiger partial charge < -0.3 is 15.2 Å². The number of nitrogens with two attached hydrogens (primary N) is 1. The fraction of sp³-hybridized carbons (Fsp3) is 0.562. The standard InChI is InChI=1S/C16H24N2O3/c1-20-16(19)14-7-4-5-9-18(14)10-11-21-15-8-3-2-6-13(15)12-17/h2-3,6,8,14H,4-5,7,9-12,17H2,1H3. The fourth-order valence-electron chi connectivity index (χ4n) is 2.75. The summed E-state index contributed by atoms with van der Waals surface area (Å²) in [6.07, 6.45) is 3.06. The van der Waals surface area contributed by atoms with Crippen molar-refractivity contribution in [2.75, 3.05) is 26.8 Å². The van der Waals surface area contributed by atoms with E-state index in [4.69, 9.17) is 15.2 Å². The molecule has 0 spiro atoms. The van der Waals surface area contributed by atoms with Crippen LogP contribution < -0.4 is 10.5 Å². The van der Waals surface area contributed by atoms with Gasteiger partial charge in [0.15, 0.2) is 0 Å². The molecule has 1 atom stereocenters. The van der Waals surface area contributed by atoms with E-state index >= 15 is 0 Å². The van der Waals surface area contributed by atoms with Gasteiger partial charge in [-0.05, 0) is 25.5 Å². The highest BCUT2D eigenvalue weighted by Crippen LogP contribution is 2.19. The first kappa shape index (κ1) is 15.8. The second kappa shape index (κ2) is 8.00. The largest absolute Gasteiger partial charge is 0.492 e. The van der Waals surface area contributed by atoms with Crippen LogP contribution in [0, 0.1) is 0 Å². The molecule has 1 aliphatic heterocycles. The van der Waals surface area contributed by atoms with E-state index in [2.05, 4.69) is 4.90 Å². The van der Waals surface area contributed by atoms with Gasteiger partial charge in [-0.25, -0.2) is 0 Å². The van der Waals surface area contributed by atoms with E-state index in [-0.39, 0.29) is 12.0 Å². The first-order valence-corrected chi connectivity index (χ1v) is 7.49. The number of likely N-dealkylation sites (tertiary alicyclic amines) is 1. The Morgan fingerprint density at radius 1 is 1.38 bits per heavy atom. The van der Waals surface area contributed by atoms with Crippen LogP contribution in [0.3, 0.4) is 0 Å². The molecule has 0 radical (unpaired) electrons. The minimum Gasteiger partial charge on any atom is -0.492 e. The summed E-state index contributed by atoms with van der Waals surface area (Å²) < 4.78 is 10.7. The summed E-state index contributed by atoms with van der Waals surface area (Å²) in [5, 5.41) is 0. The number of piperidine rings is 1. The molecule has 21 heavy (non-hydrogen) atoms. The molecule has 116 valence electrons. The lowest BCUT2D eigenvalue weighted by molar-refractivity contribution is -0.148. The van der Waals surface area contributed by atoms with Crippen LogP contribution in [0.4, 0.5) is 0 Å². The molecule has 1 aromatic carbocycles. The van der Waals surface area contributed by atoms with Gasteiger partial charge in [0.1, 0.15) is 18.4 Å². The number of esters is 1. The van der Waals surface area contributed by atoms with Crippen LogP contribution in [0.2, 0.25) is 0 Å². The van der Waals surface area contributed by atoms with Gasteiger partial charge in [0.05, 0.1) is 7.11 Å². The van der Waals surface area contributed by atoms with E-state index in [9.17, 15) is 4.79 Å². The summed E-state index contributed by atoms with van der Waals surface area (Å²) in [6.45, 7) is 2.65. The third-order valence-corrected chi connectivity index (χ3v) is 3.92. The van der Waals surface area contributed by atoms with Gasteiger partial charge in [0.2, 0.25) is 0 Å². The highest BCUT2D eigenvalue weighted by atomic mass is 16.5. The predicted octanol–water partition coefficient (Wildman–Crippen LogP) is 1.55. The molecule has 0 aromatic heterocycles. The molecule has 0 bridgehead atoms. The molecular formula is C16H24N2O3. The maximum absolute atomic E-state index is 11.8. The van der Waals surface area contributed by atoms with E-state index in [1.54, 1.807) is 0 Å². The Morgan fingerprint density at radius 3 is 2.95 bits per heavy atom. The van der Waals surface area contributed by atoms with Crippen molar-refractivity contribution in [1.82, 2.24) is 4.90 Å². The number of rotatable bonds is 6. The molecule has 0 amide bonds. The van der Waals surface area contributed by atoms with Crippen molar-refractivity contribution in [1.29, 1.82) is 0 Å². The number of carbonyl (C=O) groups is 1. The Morgan fingerprint density at radius 2 is 2.19 bits per heavy atom. The van der Waals surface area contributed by atoms with E-state index in [0.717, 1.165) is 43.7 Å². The number of hydrogen-bond donors (Lipinski definition) is 1. The average molecular weight is 292 g/mol. The first-order chi connectivity index (χ1) is 10.3. The van der Waals surface area contributed by atoms with Crippen LogP contribution in [0.25, 0.3) is 0 Å². The van der Waals surface area contributed by atoms with E-state index < -0.39 is 0 Å². The van der Waals surface area contributed by atoms with E-state index in [0.29, 0.717) is 13.2 Å². The summed E-state index contributed by atoms with van der Waals surface area (Å²) in [7, 11) is 1.45. The zero-order valence-electron chi connectivity index (χ0n) is 12.6. The molecule has 1 aromatic rings.